The Morgan fingerprint density at radius 1 is 1.28 bits per heavy atom. The van der Waals surface area contributed by atoms with Gasteiger partial charge in [0, 0.05) is 19.1 Å². The summed E-state index contributed by atoms with van der Waals surface area (Å²) in [6.45, 7) is 0. The number of likely N-dealkylation sites (N-methyl/N-ethyl adjacent to an activating group) is 1. The highest BCUT2D eigenvalue weighted by Crippen LogP contribution is 2.21. The first-order valence-electron chi connectivity index (χ1n) is 6.73. The Morgan fingerprint density at radius 3 is 2.61 bits per heavy atom. The van der Waals surface area contributed by atoms with Crippen LogP contribution in [0.5, 0.6) is 0 Å². The fourth-order valence-electron chi connectivity index (χ4n) is 2.70. The van der Waals surface area contributed by atoms with Crippen molar-refractivity contribution in [1.29, 1.82) is 0 Å². The van der Waals surface area contributed by atoms with E-state index in [1.807, 2.05) is 42.3 Å². The average molecular weight is 246 g/mol. The number of nitrogens with zero attached hydrogens (tertiary/aromatic N) is 1. The van der Waals surface area contributed by atoms with E-state index in [1.54, 1.807) is 0 Å². The van der Waals surface area contributed by atoms with E-state index in [4.69, 9.17) is 5.73 Å². The van der Waals surface area contributed by atoms with Crippen LogP contribution in [0.4, 0.5) is 0 Å². The van der Waals surface area contributed by atoms with Crippen molar-refractivity contribution in [2.75, 3.05) is 7.05 Å². The lowest BCUT2D eigenvalue weighted by Crippen LogP contribution is -2.50. The summed E-state index contributed by atoms with van der Waals surface area (Å²) < 4.78 is 0. The van der Waals surface area contributed by atoms with Crippen molar-refractivity contribution in [2.24, 2.45) is 5.73 Å². The molecule has 0 bridgehead atoms. The lowest BCUT2D eigenvalue weighted by Gasteiger charge is -2.36. The average Bonchev–Trinajstić information content (AvgIpc) is 2.39. The molecule has 2 atom stereocenters. The molecule has 18 heavy (non-hydrogen) atoms. The van der Waals surface area contributed by atoms with Crippen LogP contribution in [0, 0.1) is 0 Å². The monoisotopic (exact) mass is 246 g/mol. The van der Waals surface area contributed by atoms with Gasteiger partial charge < -0.3 is 10.6 Å². The number of rotatable bonds is 3. The minimum atomic E-state index is 0.142. The molecule has 1 aromatic rings. The molecule has 3 heteroatoms. The maximum absolute atomic E-state index is 12.2. The van der Waals surface area contributed by atoms with Crippen molar-refractivity contribution in [3.8, 4) is 0 Å². The molecule has 0 heterocycles. The van der Waals surface area contributed by atoms with Crippen LogP contribution < -0.4 is 5.73 Å². The number of hydrogen-bond donors (Lipinski definition) is 1. The Labute approximate surface area is 109 Å². The zero-order chi connectivity index (χ0) is 13.0. The van der Waals surface area contributed by atoms with Crippen LogP contribution in [0.3, 0.4) is 0 Å². The number of nitrogens with two attached hydrogens (primary N) is 1. The summed E-state index contributed by atoms with van der Waals surface area (Å²) in [6.07, 6.45) is 4.92. The Kier molecular flexibility index (Phi) is 4.37. The second kappa shape index (κ2) is 6.01. The molecule has 3 nitrogen and oxygen atoms in total. The van der Waals surface area contributed by atoms with Gasteiger partial charge in [-0.1, -0.05) is 43.2 Å². The number of hydrogen-bond acceptors (Lipinski definition) is 2. The smallest absolute Gasteiger partial charge is 0.227 e. The molecule has 1 amide bonds. The third kappa shape index (κ3) is 3.10. The fraction of sp³-hybridized carbons (Fsp3) is 0.533. The minimum Gasteiger partial charge on any atom is -0.341 e. The first kappa shape index (κ1) is 13.1. The molecule has 2 unspecified atom stereocenters. The molecular weight excluding hydrogens is 224 g/mol. The van der Waals surface area contributed by atoms with Crippen LogP contribution in [-0.2, 0) is 11.2 Å². The Hall–Kier alpha value is -1.35. The van der Waals surface area contributed by atoms with Gasteiger partial charge in [-0.2, -0.15) is 0 Å². The van der Waals surface area contributed by atoms with E-state index in [9.17, 15) is 4.79 Å². The third-order valence-corrected chi connectivity index (χ3v) is 3.87. The number of amides is 1. The van der Waals surface area contributed by atoms with E-state index in [2.05, 4.69) is 0 Å². The van der Waals surface area contributed by atoms with Crippen molar-refractivity contribution < 1.29 is 4.79 Å². The highest BCUT2D eigenvalue weighted by atomic mass is 16.2. The zero-order valence-corrected chi connectivity index (χ0v) is 11.0. The summed E-state index contributed by atoms with van der Waals surface area (Å²) in [4.78, 5) is 14.1. The Balaban J connectivity index is 1.96. The lowest BCUT2D eigenvalue weighted by molar-refractivity contribution is -0.132. The summed E-state index contributed by atoms with van der Waals surface area (Å²) >= 11 is 0. The number of carbonyl (C=O) groups excluding carboxylic acids is 1. The van der Waals surface area contributed by atoms with Crippen LogP contribution in [0.15, 0.2) is 30.3 Å². The van der Waals surface area contributed by atoms with Crippen molar-refractivity contribution in [2.45, 2.75) is 44.2 Å². The van der Waals surface area contributed by atoms with Crippen molar-refractivity contribution in [3.05, 3.63) is 35.9 Å². The van der Waals surface area contributed by atoms with E-state index in [1.165, 1.54) is 12.8 Å². The summed E-state index contributed by atoms with van der Waals surface area (Å²) in [6, 6.07) is 10.2. The molecule has 0 aliphatic heterocycles. The first-order valence-corrected chi connectivity index (χ1v) is 6.73. The van der Waals surface area contributed by atoms with E-state index in [-0.39, 0.29) is 18.0 Å². The largest absolute Gasteiger partial charge is 0.341 e. The van der Waals surface area contributed by atoms with Gasteiger partial charge in [0.05, 0.1) is 6.42 Å². The summed E-state index contributed by atoms with van der Waals surface area (Å²) in [5.74, 6) is 0.170. The van der Waals surface area contributed by atoms with Gasteiger partial charge >= 0.3 is 0 Å². The van der Waals surface area contributed by atoms with Crippen molar-refractivity contribution in [1.82, 2.24) is 4.90 Å². The van der Waals surface area contributed by atoms with Crippen LogP contribution in [0.1, 0.15) is 31.2 Å². The van der Waals surface area contributed by atoms with E-state index < -0.39 is 0 Å². The molecule has 2 rings (SSSR count). The van der Waals surface area contributed by atoms with E-state index in [0.29, 0.717) is 6.42 Å². The van der Waals surface area contributed by atoms with Crippen molar-refractivity contribution >= 4 is 5.91 Å². The van der Waals surface area contributed by atoms with E-state index >= 15 is 0 Å². The topological polar surface area (TPSA) is 46.3 Å². The highest BCUT2D eigenvalue weighted by Gasteiger charge is 2.28. The summed E-state index contributed by atoms with van der Waals surface area (Å²) in [5.41, 5.74) is 7.19. The number of benzene rings is 1. The van der Waals surface area contributed by atoms with Crippen molar-refractivity contribution in [3.63, 3.8) is 0 Å². The quantitative estimate of drug-likeness (QED) is 0.886. The normalized spacial score (nSPS) is 23.7. The van der Waals surface area contributed by atoms with Gasteiger partial charge in [0.2, 0.25) is 5.91 Å². The Bertz CT molecular complexity index is 391. The van der Waals surface area contributed by atoms with Gasteiger partial charge in [0.1, 0.15) is 0 Å². The second-order valence-electron chi connectivity index (χ2n) is 5.18. The molecule has 1 fully saturated rings. The molecule has 0 saturated heterocycles. The molecule has 1 aromatic carbocycles. The predicted molar refractivity (Wildman–Crippen MR) is 73.1 cm³/mol. The van der Waals surface area contributed by atoms with Crippen LogP contribution in [0.2, 0.25) is 0 Å². The third-order valence-electron chi connectivity index (χ3n) is 3.87. The maximum Gasteiger partial charge on any atom is 0.227 e. The lowest BCUT2D eigenvalue weighted by atomic mass is 9.90. The SMILES string of the molecule is CN(C(=O)Cc1ccccc1)C1CCCCC1N. The highest BCUT2D eigenvalue weighted by molar-refractivity contribution is 5.78. The Morgan fingerprint density at radius 2 is 1.94 bits per heavy atom. The van der Waals surface area contributed by atoms with Gasteiger partial charge in [-0.25, -0.2) is 0 Å². The van der Waals surface area contributed by atoms with Gasteiger partial charge in [-0.3, -0.25) is 4.79 Å². The van der Waals surface area contributed by atoms with Gasteiger partial charge in [0.15, 0.2) is 0 Å². The molecule has 1 aliphatic carbocycles. The van der Waals surface area contributed by atoms with E-state index in [0.717, 1.165) is 18.4 Å². The molecule has 0 radical (unpaired) electrons. The van der Waals surface area contributed by atoms with Crippen LogP contribution >= 0.6 is 0 Å². The molecule has 0 aromatic heterocycles. The zero-order valence-electron chi connectivity index (χ0n) is 11.0. The number of carbonyl (C=O) groups is 1. The molecule has 98 valence electrons. The summed E-state index contributed by atoms with van der Waals surface area (Å²) in [5, 5.41) is 0. The van der Waals surface area contributed by atoms with Gasteiger partial charge in [-0.15, -0.1) is 0 Å². The molecular formula is C15H22N2O. The maximum atomic E-state index is 12.2. The van der Waals surface area contributed by atoms with Gasteiger partial charge in [-0.05, 0) is 18.4 Å². The minimum absolute atomic E-state index is 0.142. The molecule has 0 spiro atoms. The predicted octanol–water partition coefficient (Wildman–Crippen LogP) is 1.96. The summed E-state index contributed by atoms with van der Waals surface area (Å²) in [7, 11) is 1.89. The second-order valence-corrected chi connectivity index (χ2v) is 5.18. The standard InChI is InChI=1S/C15H22N2O/c1-17(14-10-6-5-9-13(14)16)15(18)11-12-7-3-2-4-8-12/h2-4,7-8,13-14H,5-6,9-11,16H2,1H3. The first-order chi connectivity index (χ1) is 8.68. The fourth-order valence-corrected chi connectivity index (χ4v) is 2.70. The van der Waals surface area contributed by atoms with Crippen LogP contribution in [0.25, 0.3) is 0 Å². The van der Waals surface area contributed by atoms with Crippen LogP contribution in [-0.4, -0.2) is 29.9 Å². The molecule has 1 saturated carbocycles. The molecule has 1 aliphatic rings. The van der Waals surface area contributed by atoms with Gasteiger partial charge in [0.25, 0.3) is 0 Å². The molecule has 2 N–H and O–H groups in total.